The van der Waals surface area contributed by atoms with E-state index in [9.17, 15) is 13.0 Å². The van der Waals surface area contributed by atoms with E-state index in [1.807, 2.05) is 6.20 Å². The summed E-state index contributed by atoms with van der Waals surface area (Å²) in [7, 11) is -4.48. The highest BCUT2D eigenvalue weighted by Gasteiger charge is 1.98. The van der Waals surface area contributed by atoms with Crippen LogP contribution in [-0.4, -0.2) is 19.6 Å². The Balaban J connectivity index is 0.000000768. The molecule has 0 bridgehead atoms. The van der Waals surface area contributed by atoms with Crippen LogP contribution in [0.5, 0.6) is 0 Å². The molecule has 230 valence electrons. The van der Waals surface area contributed by atoms with Gasteiger partial charge < -0.3 is 4.55 Å². The predicted octanol–water partition coefficient (Wildman–Crippen LogP) is 9.91. The highest BCUT2D eigenvalue weighted by atomic mass is 32.3. The van der Waals surface area contributed by atoms with Crippen LogP contribution in [0, 0.1) is 0 Å². The number of unbranched alkanes of at least 4 members (excludes halogenated alkanes) is 22. The molecule has 1 N–H and O–H groups in total. The van der Waals surface area contributed by atoms with Gasteiger partial charge in [0.15, 0.2) is 12.4 Å². The minimum atomic E-state index is -4.48. The molecule has 0 aliphatic rings. The van der Waals surface area contributed by atoms with Crippen molar-refractivity contribution in [3.05, 3.63) is 30.1 Å². The summed E-state index contributed by atoms with van der Waals surface area (Å²) in [4.78, 5) is 3.16. The van der Waals surface area contributed by atoms with Crippen LogP contribution in [-0.2, 0) is 21.0 Å². The molecule has 0 fully saturated rings. The lowest BCUT2D eigenvalue weighted by Crippen LogP contribution is -2.05. The molecule has 0 radical (unpaired) electrons. The molecular weight excluding hydrogens is 506 g/mol. The van der Waals surface area contributed by atoms with Crippen LogP contribution in [0.25, 0.3) is 0 Å². The number of H-pyrrole nitrogens is 1. The normalized spacial score (nSPS) is 11.4. The first kappa shape index (κ1) is 38.0. The lowest BCUT2D eigenvalue weighted by Gasteiger charge is -2.06. The quantitative estimate of drug-likeness (QED) is 0.0599. The van der Waals surface area contributed by atoms with Crippen molar-refractivity contribution in [1.82, 2.24) is 0 Å². The van der Waals surface area contributed by atoms with Gasteiger partial charge in [-0.15, -0.1) is 0 Å². The number of pyridine rings is 1. The molecule has 0 spiro atoms. The fraction of sp³-hybridized carbons (Fsp3) is 0.848. The van der Waals surface area contributed by atoms with Gasteiger partial charge in [-0.1, -0.05) is 155 Å². The van der Waals surface area contributed by atoms with E-state index >= 15 is 0 Å². The van der Waals surface area contributed by atoms with Crippen molar-refractivity contribution >= 4 is 10.4 Å². The van der Waals surface area contributed by atoms with Crippen molar-refractivity contribution in [1.29, 1.82) is 0 Å². The largest absolute Gasteiger partial charge is 0.726 e. The van der Waals surface area contributed by atoms with Gasteiger partial charge in [-0.25, -0.2) is 13.4 Å². The Labute approximate surface area is 243 Å². The number of rotatable bonds is 27. The van der Waals surface area contributed by atoms with Gasteiger partial charge in [-0.05, 0) is 25.3 Å². The summed E-state index contributed by atoms with van der Waals surface area (Å²) in [6.07, 6.45) is 37.2. The molecule has 6 heteroatoms. The van der Waals surface area contributed by atoms with Gasteiger partial charge in [0.2, 0.25) is 10.4 Å². The van der Waals surface area contributed by atoms with Crippen molar-refractivity contribution in [3.8, 4) is 0 Å². The summed E-state index contributed by atoms with van der Waals surface area (Å²) in [6.45, 7) is 4.53. The van der Waals surface area contributed by atoms with Crippen molar-refractivity contribution in [2.24, 2.45) is 0 Å². The Hall–Kier alpha value is -0.980. The lowest BCUT2D eigenvalue weighted by atomic mass is 10.0. The number of aryl methyl sites for hydroxylation is 1. The SMILES string of the molecule is CCCCCCCCCCCCCCCCc1ccc[nH+]c1.CCCCCCCCCCCCOS(=O)(=O)[O-]. The Morgan fingerprint density at radius 3 is 1.36 bits per heavy atom. The van der Waals surface area contributed by atoms with Crippen LogP contribution in [0.4, 0.5) is 0 Å². The average molecular weight is 570 g/mol. The van der Waals surface area contributed by atoms with E-state index in [-0.39, 0.29) is 6.61 Å². The van der Waals surface area contributed by atoms with Gasteiger partial charge in [-0.3, -0.25) is 4.18 Å². The van der Waals surface area contributed by atoms with Gasteiger partial charge in [0.05, 0.1) is 6.61 Å². The van der Waals surface area contributed by atoms with Gasteiger partial charge in [0, 0.05) is 11.6 Å². The first-order chi connectivity index (χ1) is 19.0. The van der Waals surface area contributed by atoms with E-state index in [0.29, 0.717) is 6.42 Å². The zero-order valence-corrected chi connectivity index (χ0v) is 26.6. The van der Waals surface area contributed by atoms with E-state index in [2.05, 4.69) is 41.3 Å². The van der Waals surface area contributed by atoms with Gasteiger partial charge in [-0.2, -0.15) is 0 Å². The van der Waals surface area contributed by atoms with Gasteiger partial charge in [0.1, 0.15) is 0 Å². The minimum Gasteiger partial charge on any atom is -0.726 e. The Morgan fingerprint density at radius 1 is 0.615 bits per heavy atom. The fourth-order valence-corrected chi connectivity index (χ4v) is 5.18. The second-order valence-electron chi connectivity index (χ2n) is 11.2. The molecule has 0 atom stereocenters. The third kappa shape index (κ3) is 33.1. The molecule has 39 heavy (non-hydrogen) atoms. The van der Waals surface area contributed by atoms with Crippen LogP contribution in [0.15, 0.2) is 24.5 Å². The smallest absolute Gasteiger partial charge is 0.217 e. The molecular formula is C33H63NO4S. The van der Waals surface area contributed by atoms with Crippen LogP contribution in [0.1, 0.15) is 174 Å². The lowest BCUT2D eigenvalue weighted by molar-refractivity contribution is -0.378. The highest BCUT2D eigenvalue weighted by Crippen LogP contribution is 2.14. The van der Waals surface area contributed by atoms with Crippen LogP contribution in [0.2, 0.25) is 0 Å². The van der Waals surface area contributed by atoms with Crippen molar-refractivity contribution in [2.45, 2.75) is 174 Å². The van der Waals surface area contributed by atoms with Crippen LogP contribution < -0.4 is 4.98 Å². The molecule has 0 aliphatic carbocycles. The van der Waals surface area contributed by atoms with Crippen molar-refractivity contribution in [3.63, 3.8) is 0 Å². The molecule has 0 amide bonds. The molecule has 1 heterocycles. The average Bonchev–Trinajstić information content (AvgIpc) is 2.92. The second-order valence-corrected chi connectivity index (χ2v) is 12.2. The first-order valence-corrected chi connectivity index (χ1v) is 17.9. The Bertz CT molecular complexity index is 697. The molecule has 1 aromatic heterocycles. The van der Waals surface area contributed by atoms with Crippen molar-refractivity contribution < 1.29 is 22.1 Å². The van der Waals surface area contributed by atoms with E-state index < -0.39 is 10.4 Å². The van der Waals surface area contributed by atoms with Crippen molar-refractivity contribution in [2.75, 3.05) is 6.61 Å². The van der Waals surface area contributed by atoms with Gasteiger partial charge >= 0.3 is 0 Å². The summed E-state index contributed by atoms with van der Waals surface area (Å²) in [5, 5.41) is 0. The molecule has 1 aromatic rings. The fourth-order valence-electron chi connectivity index (χ4n) is 4.86. The maximum absolute atomic E-state index is 10.1. The van der Waals surface area contributed by atoms with Gasteiger partial charge in [0.25, 0.3) is 0 Å². The zero-order chi connectivity index (χ0) is 28.7. The molecule has 0 saturated carbocycles. The maximum atomic E-state index is 10.1. The summed E-state index contributed by atoms with van der Waals surface area (Å²) < 4.78 is 34.5. The van der Waals surface area contributed by atoms with E-state index in [1.54, 1.807) is 0 Å². The summed E-state index contributed by atoms with van der Waals surface area (Å²) in [5.74, 6) is 0. The Morgan fingerprint density at radius 2 is 1.00 bits per heavy atom. The number of hydrogen-bond donors (Lipinski definition) is 0. The first-order valence-electron chi connectivity index (χ1n) is 16.5. The molecule has 0 aromatic carbocycles. The molecule has 0 aliphatic heterocycles. The predicted molar refractivity (Wildman–Crippen MR) is 165 cm³/mol. The summed E-state index contributed by atoms with van der Waals surface area (Å²) in [6, 6.07) is 4.32. The Kier molecular flexibility index (Phi) is 29.2. The maximum Gasteiger partial charge on any atom is 0.217 e. The second kappa shape index (κ2) is 30.0. The van der Waals surface area contributed by atoms with Crippen LogP contribution >= 0.6 is 0 Å². The molecule has 5 nitrogen and oxygen atoms in total. The molecule has 1 rings (SSSR count). The number of aromatic nitrogens is 1. The minimum absolute atomic E-state index is 0.0301. The molecule has 0 unspecified atom stereocenters. The van der Waals surface area contributed by atoms with E-state index in [4.69, 9.17) is 0 Å². The third-order valence-electron chi connectivity index (χ3n) is 7.32. The summed E-state index contributed by atoms with van der Waals surface area (Å²) >= 11 is 0. The van der Waals surface area contributed by atoms with E-state index in [0.717, 1.165) is 12.8 Å². The topological polar surface area (TPSA) is 80.6 Å². The highest BCUT2D eigenvalue weighted by molar-refractivity contribution is 7.80. The molecule has 0 saturated heterocycles. The summed E-state index contributed by atoms with van der Waals surface area (Å²) in [5.41, 5.74) is 1.45. The standard InChI is InChI=1S/C21H37N.C12H26O4S/c1-2-3-4-5-6-7-8-9-10-11-12-13-14-15-17-21-18-16-19-22-20-21;1-2-3-4-5-6-7-8-9-10-11-12-16-17(13,14)15/h16,18-20H,2-15,17H2,1H3;2-12H2,1H3,(H,13,14,15). The number of hydrogen-bond acceptors (Lipinski definition) is 4. The number of aromatic amines is 1. The van der Waals surface area contributed by atoms with Crippen LogP contribution in [0.3, 0.4) is 0 Å². The van der Waals surface area contributed by atoms with E-state index in [1.165, 1.54) is 147 Å². The zero-order valence-electron chi connectivity index (χ0n) is 25.7. The monoisotopic (exact) mass is 569 g/mol. The number of nitrogens with one attached hydrogen (secondary N) is 1. The third-order valence-corrected chi connectivity index (χ3v) is 7.77.